The van der Waals surface area contributed by atoms with Crippen LogP contribution < -0.4 is 16.4 Å². The van der Waals surface area contributed by atoms with E-state index < -0.39 is 5.66 Å². The van der Waals surface area contributed by atoms with Gasteiger partial charge in [-0.1, -0.05) is 30.3 Å². The van der Waals surface area contributed by atoms with E-state index in [4.69, 9.17) is 5.73 Å². The first-order valence-corrected chi connectivity index (χ1v) is 9.12. The number of nitrogens with two attached hydrogens (primary N) is 1. The van der Waals surface area contributed by atoms with Crippen LogP contribution in [0, 0.1) is 0 Å². The maximum atomic E-state index is 6.97. The fourth-order valence-corrected chi connectivity index (χ4v) is 4.01. The molecule has 2 unspecified atom stereocenters. The second-order valence-electron chi connectivity index (χ2n) is 7.15. The van der Waals surface area contributed by atoms with Gasteiger partial charge in [-0.05, 0) is 55.5 Å². The predicted octanol–water partition coefficient (Wildman–Crippen LogP) is 2.81. The Balaban J connectivity index is 1.64. The number of allylic oxidation sites excluding steroid dienone is 1. The Hall–Kier alpha value is -2.66. The number of guanidine groups is 1. The van der Waals surface area contributed by atoms with Gasteiger partial charge < -0.3 is 16.4 Å². The van der Waals surface area contributed by atoms with Crippen LogP contribution in [0.4, 0.5) is 0 Å². The van der Waals surface area contributed by atoms with Crippen molar-refractivity contribution in [2.24, 2.45) is 10.7 Å². The molecular weight excluding hydrogens is 322 g/mol. The molecule has 1 aliphatic heterocycles. The van der Waals surface area contributed by atoms with Gasteiger partial charge in [0.25, 0.3) is 0 Å². The summed E-state index contributed by atoms with van der Waals surface area (Å²) < 4.78 is 0. The highest BCUT2D eigenvalue weighted by Gasteiger charge is 2.44. The largest absolute Gasteiger partial charge is 0.334 e. The van der Waals surface area contributed by atoms with Crippen molar-refractivity contribution in [2.45, 2.75) is 44.8 Å². The van der Waals surface area contributed by atoms with E-state index in [0.717, 1.165) is 29.8 Å². The molecule has 5 nitrogen and oxygen atoms in total. The highest BCUT2D eigenvalue weighted by atomic mass is 15.3. The molecular formula is C21H25N5. The maximum absolute atomic E-state index is 6.97. The normalized spacial score (nSPS) is 26.4. The molecule has 5 heteroatoms. The fourth-order valence-electron chi connectivity index (χ4n) is 4.01. The first-order chi connectivity index (χ1) is 12.6. The van der Waals surface area contributed by atoms with Crippen molar-refractivity contribution < 1.29 is 0 Å². The highest BCUT2D eigenvalue weighted by molar-refractivity contribution is 5.84. The van der Waals surface area contributed by atoms with Gasteiger partial charge in [0.05, 0.1) is 12.2 Å². The van der Waals surface area contributed by atoms with Crippen LogP contribution in [0.25, 0.3) is 0 Å². The lowest BCUT2D eigenvalue weighted by atomic mass is 9.81. The number of aryl methyl sites for hydroxylation is 1. The van der Waals surface area contributed by atoms with E-state index in [9.17, 15) is 0 Å². The molecule has 0 amide bonds. The molecule has 0 spiro atoms. The lowest BCUT2D eigenvalue weighted by Gasteiger charge is -2.43. The molecule has 26 heavy (non-hydrogen) atoms. The van der Waals surface area contributed by atoms with E-state index in [1.165, 1.54) is 11.1 Å². The Bertz CT molecular complexity index is 871. The number of rotatable bonds is 3. The molecule has 0 fully saturated rings. The number of pyridine rings is 1. The SMILES string of the molecule is CC1=C(C)C(N)(C2CCc3ccccc32)NC(=NCc2ccccn2)N1. The van der Waals surface area contributed by atoms with Gasteiger partial charge in [0, 0.05) is 17.8 Å². The summed E-state index contributed by atoms with van der Waals surface area (Å²) in [5, 5.41) is 6.84. The van der Waals surface area contributed by atoms with Crippen LogP contribution in [-0.4, -0.2) is 16.6 Å². The second-order valence-corrected chi connectivity index (χ2v) is 7.15. The van der Waals surface area contributed by atoms with Crippen LogP contribution in [0.15, 0.2) is 64.9 Å². The lowest BCUT2D eigenvalue weighted by Crippen LogP contribution is -2.66. The Labute approximate surface area is 154 Å². The van der Waals surface area contributed by atoms with Gasteiger partial charge in [-0.2, -0.15) is 0 Å². The summed E-state index contributed by atoms with van der Waals surface area (Å²) in [6.45, 7) is 4.68. The van der Waals surface area contributed by atoms with Crippen LogP contribution in [0.5, 0.6) is 0 Å². The Morgan fingerprint density at radius 1 is 1.19 bits per heavy atom. The van der Waals surface area contributed by atoms with Gasteiger partial charge in [-0.15, -0.1) is 0 Å². The van der Waals surface area contributed by atoms with Crippen LogP contribution in [0.1, 0.15) is 43.0 Å². The van der Waals surface area contributed by atoms with E-state index in [2.05, 4.69) is 58.7 Å². The summed E-state index contributed by atoms with van der Waals surface area (Å²) in [7, 11) is 0. The van der Waals surface area contributed by atoms with Crippen LogP contribution in [-0.2, 0) is 13.0 Å². The van der Waals surface area contributed by atoms with E-state index in [0.29, 0.717) is 12.5 Å². The van der Waals surface area contributed by atoms with Crippen molar-refractivity contribution in [3.8, 4) is 0 Å². The van der Waals surface area contributed by atoms with E-state index >= 15 is 0 Å². The number of nitrogens with zero attached hydrogens (tertiary/aromatic N) is 2. The van der Waals surface area contributed by atoms with Gasteiger partial charge in [0.1, 0.15) is 5.66 Å². The Morgan fingerprint density at radius 3 is 2.81 bits per heavy atom. The molecule has 1 aromatic heterocycles. The first kappa shape index (κ1) is 16.8. The van der Waals surface area contributed by atoms with E-state index in [1.807, 2.05) is 18.2 Å². The van der Waals surface area contributed by atoms with E-state index in [1.54, 1.807) is 6.20 Å². The third-order valence-corrected chi connectivity index (χ3v) is 5.62. The van der Waals surface area contributed by atoms with Crippen LogP contribution in [0.3, 0.4) is 0 Å². The quantitative estimate of drug-likeness (QED) is 0.798. The van der Waals surface area contributed by atoms with Gasteiger partial charge in [0.2, 0.25) is 0 Å². The fraction of sp³-hybridized carbons (Fsp3) is 0.333. The third kappa shape index (κ3) is 2.88. The average molecular weight is 347 g/mol. The molecule has 0 saturated carbocycles. The molecule has 2 aliphatic rings. The highest BCUT2D eigenvalue weighted by Crippen LogP contribution is 2.42. The number of fused-ring (bicyclic) bond motifs is 1. The van der Waals surface area contributed by atoms with Crippen molar-refractivity contribution in [2.75, 3.05) is 0 Å². The number of benzene rings is 1. The molecule has 1 aromatic carbocycles. The van der Waals surface area contributed by atoms with Crippen LogP contribution >= 0.6 is 0 Å². The Morgan fingerprint density at radius 2 is 2.00 bits per heavy atom. The average Bonchev–Trinajstić information content (AvgIpc) is 3.10. The van der Waals surface area contributed by atoms with Gasteiger partial charge >= 0.3 is 0 Å². The molecule has 4 N–H and O–H groups in total. The van der Waals surface area contributed by atoms with Crippen molar-refractivity contribution in [3.63, 3.8) is 0 Å². The molecule has 134 valence electrons. The summed E-state index contributed by atoms with van der Waals surface area (Å²) in [6.07, 6.45) is 3.90. The van der Waals surface area contributed by atoms with Gasteiger partial charge in [0.15, 0.2) is 5.96 Å². The summed E-state index contributed by atoms with van der Waals surface area (Å²) in [5.41, 5.74) is 12.2. The minimum atomic E-state index is -0.634. The molecule has 0 saturated heterocycles. The van der Waals surface area contributed by atoms with Crippen molar-refractivity contribution in [3.05, 3.63) is 76.8 Å². The standard InChI is InChI=1S/C21H25N5/c1-14-15(2)25-20(24-13-17-8-5-6-12-23-17)26-21(14,22)19-11-10-16-7-3-4-9-18(16)19/h3-9,12,19H,10-11,13,22H2,1-2H3,(H2,24,25,26). The van der Waals surface area contributed by atoms with Gasteiger partial charge in [-0.25, -0.2) is 4.99 Å². The molecule has 2 atom stereocenters. The number of hydrogen-bond acceptors (Lipinski definition) is 3. The number of aromatic nitrogens is 1. The zero-order valence-corrected chi connectivity index (χ0v) is 15.3. The number of hydrogen-bond donors (Lipinski definition) is 3. The minimum absolute atomic E-state index is 0.232. The van der Waals surface area contributed by atoms with Crippen LogP contribution in [0.2, 0.25) is 0 Å². The minimum Gasteiger partial charge on any atom is -0.334 e. The van der Waals surface area contributed by atoms with Crippen molar-refractivity contribution >= 4 is 5.96 Å². The summed E-state index contributed by atoms with van der Waals surface area (Å²) in [6, 6.07) is 14.5. The third-order valence-electron chi connectivity index (χ3n) is 5.62. The molecule has 0 radical (unpaired) electrons. The smallest absolute Gasteiger partial charge is 0.197 e. The Kier molecular flexibility index (Phi) is 4.24. The second kappa shape index (κ2) is 6.57. The molecule has 0 bridgehead atoms. The summed E-state index contributed by atoms with van der Waals surface area (Å²) >= 11 is 0. The molecule has 4 rings (SSSR count). The van der Waals surface area contributed by atoms with E-state index in [-0.39, 0.29) is 5.92 Å². The first-order valence-electron chi connectivity index (χ1n) is 9.12. The topological polar surface area (TPSA) is 75.3 Å². The predicted molar refractivity (Wildman–Crippen MR) is 104 cm³/mol. The molecule has 1 aliphatic carbocycles. The monoisotopic (exact) mass is 347 g/mol. The zero-order valence-electron chi connectivity index (χ0n) is 15.3. The maximum Gasteiger partial charge on any atom is 0.197 e. The zero-order chi connectivity index (χ0) is 18.1. The molecule has 2 heterocycles. The summed E-state index contributed by atoms with van der Waals surface area (Å²) in [5.74, 6) is 0.946. The molecule has 2 aromatic rings. The summed E-state index contributed by atoms with van der Waals surface area (Å²) in [4.78, 5) is 9.01. The lowest BCUT2D eigenvalue weighted by molar-refractivity contribution is 0.354. The number of aliphatic imine (C=N–C) groups is 1. The van der Waals surface area contributed by atoms with Gasteiger partial charge in [-0.3, -0.25) is 4.98 Å². The number of nitrogens with one attached hydrogen (secondary N) is 2. The van der Waals surface area contributed by atoms with Crippen molar-refractivity contribution in [1.29, 1.82) is 0 Å². The van der Waals surface area contributed by atoms with Crippen molar-refractivity contribution in [1.82, 2.24) is 15.6 Å².